The molecule has 1 rings (SSSR count). The summed E-state index contributed by atoms with van der Waals surface area (Å²) >= 11 is 0. The van der Waals surface area contributed by atoms with E-state index in [1.807, 2.05) is 19.9 Å². The van der Waals surface area contributed by atoms with Gasteiger partial charge in [-0.1, -0.05) is 6.08 Å². The zero-order valence-electron chi connectivity index (χ0n) is 6.96. The molecule has 0 saturated carbocycles. The van der Waals surface area contributed by atoms with Crippen molar-refractivity contribution in [1.29, 1.82) is 0 Å². The highest BCUT2D eigenvalue weighted by Crippen LogP contribution is 2.02. The summed E-state index contributed by atoms with van der Waals surface area (Å²) in [5, 5.41) is 0. The first-order valence-electron chi connectivity index (χ1n) is 3.64. The summed E-state index contributed by atoms with van der Waals surface area (Å²) in [6.45, 7) is 7.57. The van der Waals surface area contributed by atoms with Crippen molar-refractivity contribution in [3.05, 3.63) is 35.9 Å². The number of hydrogen-bond donors (Lipinski definition) is 0. The summed E-state index contributed by atoms with van der Waals surface area (Å²) in [5.41, 5.74) is 2.99. The van der Waals surface area contributed by atoms with E-state index in [2.05, 4.69) is 16.5 Å². The van der Waals surface area contributed by atoms with Crippen molar-refractivity contribution in [3.8, 4) is 0 Å². The topological polar surface area (TPSA) is 25.8 Å². The summed E-state index contributed by atoms with van der Waals surface area (Å²) < 4.78 is 0. The number of nitrogens with zero attached hydrogens (tertiary/aromatic N) is 2. The molecule has 2 heteroatoms. The number of allylic oxidation sites excluding steroid dienone is 1. The molecule has 0 N–H and O–H groups in total. The third-order valence-corrected chi connectivity index (χ3v) is 1.51. The lowest BCUT2D eigenvalue weighted by Crippen LogP contribution is -1.97. The lowest BCUT2D eigenvalue weighted by atomic mass is 10.2. The van der Waals surface area contributed by atoms with Crippen LogP contribution in [-0.4, -0.2) is 9.97 Å². The first-order chi connectivity index (χ1) is 5.24. The lowest BCUT2D eigenvalue weighted by molar-refractivity contribution is 0.966. The normalized spacial score (nSPS) is 9.64. The van der Waals surface area contributed by atoms with Crippen molar-refractivity contribution < 1.29 is 0 Å². The minimum Gasteiger partial charge on any atom is -0.258 e. The van der Waals surface area contributed by atoms with E-state index in [0.717, 1.165) is 23.5 Å². The molecule has 0 bridgehead atoms. The third-order valence-electron chi connectivity index (χ3n) is 1.51. The van der Waals surface area contributed by atoms with Crippen molar-refractivity contribution >= 4 is 0 Å². The number of aromatic nitrogens is 2. The Morgan fingerprint density at radius 2 is 2.27 bits per heavy atom. The van der Waals surface area contributed by atoms with Gasteiger partial charge in [0.2, 0.25) is 0 Å². The van der Waals surface area contributed by atoms with E-state index in [1.54, 1.807) is 6.20 Å². The van der Waals surface area contributed by atoms with Crippen LogP contribution in [0.4, 0.5) is 0 Å². The maximum Gasteiger partial charge on any atom is 0.0656 e. The van der Waals surface area contributed by atoms with Crippen LogP contribution in [0.1, 0.15) is 17.1 Å². The maximum absolute atomic E-state index is 4.33. The van der Waals surface area contributed by atoms with Crippen LogP contribution in [0.3, 0.4) is 0 Å². The molecule has 0 radical (unpaired) electrons. The van der Waals surface area contributed by atoms with Crippen molar-refractivity contribution in [3.63, 3.8) is 0 Å². The minimum atomic E-state index is 0.806. The van der Waals surface area contributed by atoms with Gasteiger partial charge in [0.05, 0.1) is 17.1 Å². The number of aryl methyl sites for hydroxylation is 2. The van der Waals surface area contributed by atoms with Crippen molar-refractivity contribution in [1.82, 2.24) is 9.97 Å². The molecule has 1 heterocycles. The Labute approximate surface area is 67.0 Å². The van der Waals surface area contributed by atoms with Crippen LogP contribution in [0, 0.1) is 13.8 Å². The molecule has 0 saturated heterocycles. The van der Waals surface area contributed by atoms with E-state index in [-0.39, 0.29) is 0 Å². The average Bonchev–Trinajstić information content (AvgIpc) is 1.98. The average molecular weight is 148 g/mol. The van der Waals surface area contributed by atoms with Crippen LogP contribution in [0.25, 0.3) is 0 Å². The molecule has 0 aliphatic rings. The van der Waals surface area contributed by atoms with Crippen LogP contribution < -0.4 is 0 Å². The SMILES string of the molecule is C=CCc1nc(C)cnc1C. The third kappa shape index (κ3) is 1.87. The number of hydrogen-bond acceptors (Lipinski definition) is 2. The van der Waals surface area contributed by atoms with Gasteiger partial charge in [-0.25, -0.2) is 0 Å². The zero-order valence-corrected chi connectivity index (χ0v) is 6.96. The fraction of sp³-hybridized carbons (Fsp3) is 0.333. The highest BCUT2D eigenvalue weighted by Gasteiger charge is 1.97. The number of rotatable bonds is 2. The monoisotopic (exact) mass is 148 g/mol. The molecule has 0 aliphatic carbocycles. The van der Waals surface area contributed by atoms with E-state index in [9.17, 15) is 0 Å². The minimum absolute atomic E-state index is 0.806. The quantitative estimate of drug-likeness (QED) is 0.598. The fourth-order valence-electron chi connectivity index (χ4n) is 0.917. The highest BCUT2D eigenvalue weighted by atomic mass is 14.8. The molecule has 0 aliphatic heterocycles. The van der Waals surface area contributed by atoms with Gasteiger partial charge < -0.3 is 0 Å². The fourth-order valence-corrected chi connectivity index (χ4v) is 0.917. The summed E-state index contributed by atoms with van der Waals surface area (Å²) in [6.07, 6.45) is 4.43. The Morgan fingerprint density at radius 1 is 1.55 bits per heavy atom. The summed E-state index contributed by atoms with van der Waals surface area (Å²) in [4.78, 5) is 8.52. The van der Waals surface area contributed by atoms with Gasteiger partial charge in [-0.05, 0) is 13.8 Å². The van der Waals surface area contributed by atoms with Crippen LogP contribution in [0.5, 0.6) is 0 Å². The molecule has 1 aromatic heterocycles. The van der Waals surface area contributed by atoms with E-state index in [1.165, 1.54) is 0 Å². The maximum atomic E-state index is 4.33. The largest absolute Gasteiger partial charge is 0.258 e. The zero-order chi connectivity index (χ0) is 8.27. The van der Waals surface area contributed by atoms with Gasteiger partial charge in [0.1, 0.15) is 0 Å². The molecule has 58 valence electrons. The molecule has 0 atom stereocenters. The molecule has 0 amide bonds. The smallest absolute Gasteiger partial charge is 0.0656 e. The van der Waals surface area contributed by atoms with Gasteiger partial charge >= 0.3 is 0 Å². The second-order valence-electron chi connectivity index (χ2n) is 2.54. The van der Waals surface area contributed by atoms with Crippen LogP contribution >= 0.6 is 0 Å². The first kappa shape index (κ1) is 7.92. The summed E-state index contributed by atoms with van der Waals surface area (Å²) in [6, 6.07) is 0. The second kappa shape index (κ2) is 3.28. The van der Waals surface area contributed by atoms with Crippen LogP contribution in [0.15, 0.2) is 18.9 Å². The highest BCUT2D eigenvalue weighted by molar-refractivity contribution is 5.14. The Kier molecular flexibility index (Phi) is 2.36. The first-order valence-corrected chi connectivity index (χ1v) is 3.64. The Hall–Kier alpha value is -1.18. The van der Waals surface area contributed by atoms with E-state index in [4.69, 9.17) is 0 Å². The predicted octanol–water partition coefficient (Wildman–Crippen LogP) is 1.82. The second-order valence-corrected chi connectivity index (χ2v) is 2.54. The van der Waals surface area contributed by atoms with Gasteiger partial charge in [-0.3, -0.25) is 9.97 Å². The van der Waals surface area contributed by atoms with Gasteiger partial charge in [0.15, 0.2) is 0 Å². The summed E-state index contributed by atoms with van der Waals surface area (Å²) in [5.74, 6) is 0. The lowest BCUT2D eigenvalue weighted by Gasteiger charge is -2.00. The molecular formula is C9H12N2. The van der Waals surface area contributed by atoms with Crippen LogP contribution in [-0.2, 0) is 6.42 Å². The van der Waals surface area contributed by atoms with E-state index < -0.39 is 0 Å². The van der Waals surface area contributed by atoms with Gasteiger partial charge in [0, 0.05) is 12.6 Å². The van der Waals surface area contributed by atoms with Crippen LogP contribution in [0.2, 0.25) is 0 Å². The predicted molar refractivity (Wildman–Crippen MR) is 45.4 cm³/mol. The molecule has 1 aromatic rings. The molecule has 0 spiro atoms. The standard InChI is InChI=1S/C9H12N2/c1-4-5-9-8(3)10-6-7(2)11-9/h4,6H,1,5H2,2-3H3. The summed E-state index contributed by atoms with van der Waals surface area (Å²) in [7, 11) is 0. The molecule has 0 unspecified atom stereocenters. The van der Waals surface area contributed by atoms with E-state index in [0.29, 0.717) is 0 Å². The molecule has 2 nitrogen and oxygen atoms in total. The van der Waals surface area contributed by atoms with Gasteiger partial charge in [-0.15, -0.1) is 6.58 Å². The van der Waals surface area contributed by atoms with Gasteiger partial charge in [-0.2, -0.15) is 0 Å². The molecule has 0 aromatic carbocycles. The van der Waals surface area contributed by atoms with Crippen molar-refractivity contribution in [2.24, 2.45) is 0 Å². The molecule has 11 heavy (non-hydrogen) atoms. The Bertz CT molecular complexity index is 266. The van der Waals surface area contributed by atoms with Crippen molar-refractivity contribution in [2.45, 2.75) is 20.3 Å². The van der Waals surface area contributed by atoms with E-state index >= 15 is 0 Å². The molecular weight excluding hydrogens is 136 g/mol. The van der Waals surface area contributed by atoms with Crippen molar-refractivity contribution in [2.75, 3.05) is 0 Å². The Morgan fingerprint density at radius 3 is 2.91 bits per heavy atom. The molecule has 0 fully saturated rings. The Balaban J connectivity index is 3.01. The van der Waals surface area contributed by atoms with Gasteiger partial charge in [0.25, 0.3) is 0 Å².